The number of aliphatic hydroxyl groups excluding tert-OH is 1. The minimum Gasteiger partial charge on any atom is -0.391 e. The number of piperidine rings is 1. The summed E-state index contributed by atoms with van der Waals surface area (Å²) in [5.41, 5.74) is 4.27. The standard InChI is InChI=1S/C25H39N9O2/c1-16(2)31-9-5-7-18(12-31)27-24(36)21-11-19(35)13-33(21)25-29-23(20-8-6-10-34(20)30-25)28-22-14-32(15-26-22)17(3)4/h8,14-19,21,35H,5-7,9-13H2,1-4H3,(H,27,36)(H,28,29,30)/t18?,19-,21-/m0/s1. The Morgan fingerprint density at radius 1 is 1.22 bits per heavy atom. The van der Waals surface area contributed by atoms with Crippen molar-refractivity contribution in [2.45, 2.75) is 83.6 Å². The molecule has 0 saturated carbocycles. The summed E-state index contributed by atoms with van der Waals surface area (Å²) in [7, 11) is 0. The van der Waals surface area contributed by atoms with Crippen LogP contribution in [0.15, 0.2) is 34.3 Å². The second-order valence-corrected chi connectivity index (χ2v) is 10.8. The average molecular weight is 498 g/mol. The summed E-state index contributed by atoms with van der Waals surface area (Å²) in [5.74, 6) is 1.65. The summed E-state index contributed by atoms with van der Waals surface area (Å²) in [6, 6.07) is 0.386. The maximum Gasteiger partial charge on any atom is 0.243 e. The van der Waals surface area contributed by atoms with Crippen molar-refractivity contribution in [1.82, 2.24) is 35.1 Å². The van der Waals surface area contributed by atoms with Crippen LogP contribution < -0.4 is 10.7 Å². The minimum atomic E-state index is -0.596. The summed E-state index contributed by atoms with van der Waals surface area (Å²) in [6.45, 7) is 11.6. The highest BCUT2D eigenvalue weighted by Gasteiger charge is 2.41. The number of aliphatic hydroxyl groups is 1. The molecule has 0 aliphatic carbocycles. The number of guanidine groups is 1. The number of aromatic nitrogens is 2. The number of aliphatic imine (C=N–C) groups is 2. The van der Waals surface area contributed by atoms with E-state index in [2.05, 4.69) is 54.4 Å². The molecule has 0 bridgehead atoms. The number of β-amino-alcohol motifs (C(OH)–C–C–N with tert-alkyl or cyclic N) is 1. The van der Waals surface area contributed by atoms with Crippen LogP contribution in [0, 0.1) is 0 Å². The molecular formula is C25H39N9O2. The zero-order valence-electron chi connectivity index (χ0n) is 21.8. The summed E-state index contributed by atoms with van der Waals surface area (Å²) >= 11 is 0. The van der Waals surface area contributed by atoms with Gasteiger partial charge in [0.2, 0.25) is 11.9 Å². The van der Waals surface area contributed by atoms with E-state index in [-0.39, 0.29) is 11.9 Å². The van der Waals surface area contributed by atoms with Gasteiger partial charge < -0.3 is 19.9 Å². The molecule has 11 heteroatoms. The van der Waals surface area contributed by atoms with Crippen LogP contribution in [-0.4, -0.2) is 97.6 Å². The number of nitrogens with one attached hydrogen (secondary N) is 2. The minimum absolute atomic E-state index is 0.0522. The Balaban J connectivity index is 1.36. The smallest absolute Gasteiger partial charge is 0.243 e. The van der Waals surface area contributed by atoms with Crippen LogP contribution in [-0.2, 0) is 4.79 Å². The molecule has 5 heterocycles. The Morgan fingerprint density at radius 2 is 2.06 bits per heavy atom. The first-order chi connectivity index (χ1) is 17.3. The second kappa shape index (κ2) is 10.2. The first-order valence-corrected chi connectivity index (χ1v) is 13.2. The molecule has 0 spiro atoms. The van der Waals surface area contributed by atoms with Crippen LogP contribution in [0.2, 0.25) is 0 Å². The fraction of sp³-hybridized carbons (Fsp3) is 0.680. The summed E-state index contributed by atoms with van der Waals surface area (Å²) in [4.78, 5) is 31.7. The SMILES string of the molecule is CC(C)N1CCCC(NC(=O)[C@@H]2C[C@H](O)CN2C2=NC(=Nc3cn(C(C)C)cn3)C3=CCCN3N2)C1. The Morgan fingerprint density at radius 3 is 2.81 bits per heavy atom. The van der Waals surface area contributed by atoms with Gasteiger partial charge in [-0.05, 0) is 53.5 Å². The largest absolute Gasteiger partial charge is 0.391 e. The number of carbonyl (C=O) groups is 1. The molecular weight excluding hydrogens is 458 g/mol. The highest BCUT2D eigenvalue weighted by atomic mass is 16.3. The van der Waals surface area contributed by atoms with Crippen molar-refractivity contribution in [3.63, 3.8) is 0 Å². The fourth-order valence-electron chi connectivity index (χ4n) is 5.36. The Kier molecular flexibility index (Phi) is 7.03. The van der Waals surface area contributed by atoms with Gasteiger partial charge in [0.05, 0.1) is 24.3 Å². The highest BCUT2D eigenvalue weighted by molar-refractivity contribution is 6.09. The summed E-state index contributed by atoms with van der Waals surface area (Å²) < 4.78 is 2.01. The maximum absolute atomic E-state index is 13.4. The first kappa shape index (κ1) is 24.8. The Hall–Kier alpha value is -2.92. The number of fused-ring (bicyclic) bond motifs is 1. The predicted molar refractivity (Wildman–Crippen MR) is 139 cm³/mol. The lowest BCUT2D eigenvalue weighted by atomic mass is 10.0. The molecule has 1 aromatic heterocycles. The third-order valence-corrected chi connectivity index (χ3v) is 7.44. The molecule has 1 aromatic rings. The van der Waals surface area contributed by atoms with Crippen LogP contribution in [0.25, 0.3) is 0 Å². The molecule has 196 valence electrons. The molecule has 2 fully saturated rings. The highest BCUT2D eigenvalue weighted by Crippen LogP contribution is 2.26. The van der Waals surface area contributed by atoms with Gasteiger partial charge in [-0.1, -0.05) is 6.08 Å². The normalized spacial score (nSPS) is 28.0. The van der Waals surface area contributed by atoms with Crippen molar-refractivity contribution in [2.75, 3.05) is 26.2 Å². The average Bonchev–Trinajstić information content (AvgIpc) is 3.58. The van der Waals surface area contributed by atoms with E-state index in [0.29, 0.717) is 42.7 Å². The van der Waals surface area contributed by atoms with Crippen LogP contribution in [0.1, 0.15) is 59.4 Å². The summed E-state index contributed by atoms with van der Waals surface area (Å²) in [6.07, 6.45) is 8.51. The van der Waals surface area contributed by atoms with Gasteiger partial charge in [0.25, 0.3) is 0 Å². The third kappa shape index (κ3) is 5.12. The number of amides is 1. The van der Waals surface area contributed by atoms with E-state index >= 15 is 0 Å². The van der Waals surface area contributed by atoms with Gasteiger partial charge in [0.1, 0.15) is 6.04 Å². The number of likely N-dealkylation sites (tertiary alicyclic amines) is 2. The first-order valence-electron chi connectivity index (χ1n) is 13.2. The van der Waals surface area contributed by atoms with E-state index in [9.17, 15) is 9.90 Å². The Labute approximate surface area is 212 Å². The third-order valence-electron chi connectivity index (χ3n) is 7.44. The zero-order valence-corrected chi connectivity index (χ0v) is 21.8. The molecule has 4 aliphatic heterocycles. The molecule has 1 unspecified atom stereocenters. The van der Waals surface area contributed by atoms with Crippen molar-refractivity contribution in [2.24, 2.45) is 9.98 Å². The maximum atomic E-state index is 13.4. The van der Waals surface area contributed by atoms with Crippen molar-refractivity contribution in [3.05, 3.63) is 24.3 Å². The van der Waals surface area contributed by atoms with Crippen LogP contribution in [0.4, 0.5) is 5.82 Å². The van der Waals surface area contributed by atoms with E-state index in [0.717, 1.165) is 44.6 Å². The quantitative estimate of drug-likeness (QED) is 0.563. The van der Waals surface area contributed by atoms with E-state index < -0.39 is 12.1 Å². The Bertz CT molecular complexity index is 1060. The monoisotopic (exact) mass is 497 g/mol. The molecule has 4 aliphatic rings. The van der Waals surface area contributed by atoms with Crippen molar-refractivity contribution < 1.29 is 9.90 Å². The molecule has 11 nitrogen and oxygen atoms in total. The second-order valence-electron chi connectivity index (χ2n) is 10.8. The molecule has 2 saturated heterocycles. The van der Waals surface area contributed by atoms with Gasteiger partial charge in [-0.25, -0.2) is 9.98 Å². The number of hydrogen-bond acceptors (Lipinski definition) is 8. The number of imidazole rings is 1. The molecule has 0 radical (unpaired) electrons. The number of amidine groups is 1. The van der Waals surface area contributed by atoms with Crippen molar-refractivity contribution >= 4 is 23.5 Å². The lowest BCUT2D eigenvalue weighted by Gasteiger charge is -2.37. The van der Waals surface area contributed by atoms with E-state index in [4.69, 9.17) is 9.98 Å². The van der Waals surface area contributed by atoms with Crippen LogP contribution >= 0.6 is 0 Å². The number of nitrogens with zero attached hydrogens (tertiary/aromatic N) is 7. The summed E-state index contributed by atoms with van der Waals surface area (Å²) in [5, 5.41) is 15.8. The van der Waals surface area contributed by atoms with Gasteiger partial charge in [-0.15, -0.1) is 0 Å². The van der Waals surface area contributed by atoms with Gasteiger partial charge in [-0.2, -0.15) is 4.99 Å². The number of rotatable bonds is 5. The van der Waals surface area contributed by atoms with Crippen molar-refractivity contribution in [1.29, 1.82) is 0 Å². The molecule has 3 N–H and O–H groups in total. The van der Waals surface area contributed by atoms with E-state index in [1.165, 1.54) is 0 Å². The lowest BCUT2D eigenvalue weighted by Crippen LogP contribution is -2.58. The van der Waals surface area contributed by atoms with Crippen LogP contribution in [0.3, 0.4) is 0 Å². The number of hydrogen-bond donors (Lipinski definition) is 3. The van der Waals surface area contributed by atoms with Crippen molar-refractivity contribution in [3.8, 4) is 0 Å². The zero-order chi connectivity index (χ0) is 25.4. The number of carbonyl (C=O) groups excluding carboxylic acids is 1. The predicted octanol–water partition coefficient (Wildman–Crippen LogP) is 1.38. The lowest BCUT2D eigenvalue weighted by molar-refractivity contribution is -0.125. The molecule has 0 aromatic carbocycles. The molecule has 36 heavy (non-hydrogen) atoms. The van der Waals surface area contributed by atoms with Crippen LogP contribution in [0.5, 0.6) is 0 Å². The molecule has 3 atom stereocenters. The van der Waals surface area contributed by atoms with Gasteiger partial charge in [-0.3, -0.25) is 20.1 Å². The topological polar surface area (TPSA) is 114 Å². The fourth-order valence-corrected chi connectivity index (χ4v) is 5.36. The molecule has 1 amide bonds. The van der Waals surface area contributed by atoms with E-state index in [1.807, 2.05) is 20.7 Å². The number of hydrazine groups is 1. The van der Waals surface area contributed by atoms with E-state index in [1.54, 1.807) is 6.33 Å². The van der Waals surface area contributed by atoms with Gasteiger partial charge in [0.15, 0.2) is 11.7 Å². The van der Waals surface area contributed by atoms with Gasteiger partial charge >= 0.3 is 0 Å². The van der Waals surface area contributed by atoms with Gasteiger partial charge in [0, 0.05) is 44.2 Å². The molecule has 5 rings (SSSR count).